The molecule has 0 aliphatic carbocycles. The second-order valence-electron chi connectivity index (χ2n) is 12.2. The smallest absolute Gasteiger partial charge is 0.457 e. The predicted octanol–water partition coefficient (Wildman–Crippen LogP) is 9.30. The first-order valence-electron chi connectivity index (χ1n) is 18.5. The number of ether oxygens (including phenoxy) is 2. The van der Waals surface area contributed by atoms with Crippen molar-refractivity contribution in [3.05, 3.63) is 36.5 Å². The highest BCUT2D eigenvalue weighted by Crippen LogP contribution is 2.43. The average Bonchev–Trinajstić information content (AvgIpc) is 3.06. The summed E-state index contributed by atoms with van der Waals surface area (Å²) in [4.78, 5) is 22.4. The van der Waals surface area contributed by atoms with Crippen molar-refractivity contribution in [1.82, 2.24) is 0 Å². The Bertz CT molecular complexity index is 831. The van der Waals surface area contributed by atoms with Crippen molar-refractivity contribution in [1.29, 1.82) is 0 Å². The Labute approximate surface area is 286 Å². The molecule has 0 radical (unpaired) electrons. The van der Waals surface area contributed by atoms with Crippen LogP contribution in [-0.4, -0.2) is 66.3 Å². The van der Waals surface area contributed by atoms with Gasteiger partial charge < -0.3 is 24.6 Å². The monoisotopic (exact) mass is 688 g/mol. The molecule has 0 amide bonds. The van der Waals surface area contributed by atoms with Gasteiger partial charge in [0.1, 0.15) is 12.2 Å². The number of hydrogen-bond acceptors (Lipinski definition) is 8. The van der Waals surface area contributed by atoms with Crippen LogP contribution in [0, 0.1) is 0 Å². The van der Waals surface area contributed by atoms with Gasteiger partial charge in [-0.1, -0.05) is 134 Å². The minimum atomic E-state index is -4.51. The molecule has 3 N–H and O–H groups in total. The van der Waals surface area contributed by atoms with E-state index >= 15 is 0 Å². The number of carbonyl (C=O) groups excluding carboxylic acids is 1. The lowest BCUT2D eigenvalue weighted by Gasteiger charge is -2.20. The summed E-state index contributed by atoms with van der Waals surface area (Å²) in [7, 11) is -4.51. The molecule has 3 unspecified atom stereocenters. The molecule has 0 aromatic rings. The first-order valence-corrected chi connectivity index (χ1v) is 20.0. The average molecular weight is 689 g/mol. The molecule has 0 fully saturated rings. The quantitative estimate of drug-likeness (QED) is 0.0258. The number of allylic oxidation sites excluding steroid dienone is 6. The van der Waals surface area contributed by atoms with Crippen molar-refractivity contribution in [3.8, 4) is 0 Å². The number of carbonyl (C=O) groups is 1. The zero-order chi connectivity index (χ0) is 34.7. The molecule has 0 aliphatic heterocycles. The van der Waals surface area contributed by atoms with Gasteiger partial charge in [0.15, 0.2) is 0 Å². The van der Waals surface area contributed by atoms with E-state index in [4.69, 9.17) is 23.6 Å². The summed E-state index contributed by atoms with van der Waals surface area (Å²) in [5.74, 6) is -0.395. The third-order valence-electron chi connectivity index (χ3n) is 7.59. The van der Waals surface area contributed by atoms with Crippen LogP contribution in [0.5, 0.6) is 0 Å². The minimum absolute atomic E-state index is 0.0462. The fourth-order valence-corrected chi connectivity index (χ4v) is 5.57. The molecule has 3 atom stereocenters. The molecule has 0 aromatic carbocycles. The van der Waals surface area contributed by atoms with E-state index in [2.05, 4.69) is 50.3 Å². The van der Waals surface area contributed by atoms with Gasteiger partial charge in [0.2, 0.25) is 0 Å². The van der Waals surface area contributed by atoms with Gasteiger partial charge in [-0.3, -0.25) is 13.8 Å². The Kier molecular flexibility index (Phi) is 33.6. The molecular weight excluding hydrogens is 619 g/mol. The molecule has 0 saturated heterocycles. The molecule has 10 heteroatoms. The Morgan fingerprint density at radius 1 is 0.681 bits per heavy atom. The normalized spacial score (nSPS) is 14.7. The van der Waals surface area contributed by atoms with Crippen LogP contribution < -0.4 is 0 Å². The van der Waals surface area contributed by atoms with Gasteiger partial charge in [-0.15, -0.1) is 0 Å². The third kappa shape index (κ3) is 34.3. The van der Waals surface area contributed by atoms with Gasteiger partial charge in [-0.05, 0) is 44.9 Å². The van der Waals surface area contributed by atoms with Gasteiger partial charge in [0.05, 0.1) is 26.4 Å². The molecule has 0 spiro atoms. The van der Waals surface area contributed by atoms with Crippen LogP contribution in [0.2, 0.25) is 0 Å². The Balaban J connectivity index is 4.22. The lowest BCUT2D eigenvalue weighted by Crippen LogP contribution is -2.29. The SMILES string of the molecule is CC/C=C\C/C=C\C/C=C\CCCCCCCCCC(=O)OC(COCCCCCCCCCCC)COP(=O)(O)OCC(O)CO. The van der Waals surface area contributed by atoms with Crippen molar-refractivity contribution in [2.24, 2.45) is 0 Å². The van der Waals surface area contributed by atoms with Crippen molar-refractivity contribution >= 4 is 13.8 Å². The van der Waals surface area contributed by atoms with Gasteiger partial charge in [-0.25, -0.2) is 4.57 Å². The molecule has 276 valence electrons. The number of aliphatic hydroxyl groups excluding tert-OH is 2. The molecule has 0 aromatic heterocycles. The first kappa shape index (κ1) is 45.7. The highest BCUT2D eigenvalue weighted by Gasteiger charge is 2.26. The van der Waals surface area contributed by atoms with E-state index in [0.717, 1.165) is 70.6 Å². The number of hydrogen-bond donors (Lipinski definition) is 3. The zero-order valence-electron chi connectivity index (χ0n) is 29.7. The maximum absolute atomic E-state index is 12.5. The number of aliphatic hydroxyl groups is 2. The van der Waals surface area contributed by atoms with E-state index in [1.54, 1.807) is 0 Å². The van der Waals surface area contributed by atoms with E-state index in [1.165, 1.54) is 57.8 Å². The molecule has 47 heavy (non-hydrogen) atoms. The van der Waals surface area contributed by atoms with Crippen LogP contribution in [0.1, 0.15) is 149 Å². The zero-order valence-corrected chi connectivity index (χ0v) is 30.6. The van der Waals surface area contributed by atoms with Crippen molar-refractivity contribution in [2.45, 2.75) is 161 Å². The van der Waals surface area contributed by atoms with Crippen LogP contribution in [0.15, 0.2) is 36.5 Å². The molecule has 0 bridgehead atoms. The van der Waals surface area contributed by atoms with Gasteiger partial charge in [-0.2, -0.15) is 0 Å². The largest absolute Gasteiger partial charge is 0.472 e. The molecule has 9 nitrogen and oxygen atoms in total. The standard InChI is InChI=1S/C37H69O9P/c1-3-5-7-9-11-13-14-15-16-17-18-19-20-21-23-25-27-29-37(40)46-36(34-45-47(41,42)44-32-35(39)31-38)33-43-30-28-26-24-22-12-10-8-6-4-2/h5,7,11,13,15-16,35-36,38-39H,3-4,6,8-10,12,14,17-34H2,1-2H3,(H,41,42)/b7-5-,13-11-,16-15-. The highest BCUT2D eigenvalue weighted by atomic mass is 31.2. The van der Waals surface area contributed by atoms with Crippen LogP contribution in [0.3, 0.4) is 0 Å². The Morgan fingerprint density at radius 2 is 1.21 bits per heavy atom. The fraction of sp³-hybridized carbons (Fsp3) is 0.811. The summed E-state index contributed by atoms with van der Waals surface area (Å²) in [5.41, 5.74) is 0. The molecular formula is C37H69O9P. The molecule has 0 saturated carbocycles. The highest BCUT2D eigenvalue weighted by molar-refractivity contribution is 7.47. The lowest BCUT2D eigenvalue weighted by atomic mass is 10.1. The number of rotatable bonds is 35. The van der Waals surface area contributed by atoms with Crippen LogP contribution in [0.25, 0.3) is 0 Å². The topological polar surface area (TPSA) is 132 Å². The summed E-state index contributed by atoms with van der Waals surface area (Å²) in [6.45, 7) is 3.36. The van der Waals surface area contributed by atoms with Crippen molar-refractivity contribution < 1.29 is 43.0 Å². The Hall–Kier alpha value is -1.32. The number of phosphoric acid groups is 1. The lowest BCUT2D eigenvalue weighted by molar-refractivity contribution is -0.154. The van der Waals surface area contributed by atoms with Crippen LogP contribution in [0.4, 0.5) is 0 Å². The maximum atomic E-state index is 12.5. The summed E-state index contributed by atoms with van der Waals surface area (Å²) in [6.07, 6.45) is 33.9. The minimum Gasteiger partial charge on any atom is -0.457 e. The van der Waals surface area contributed by atoms with Crippen LogP contribution in [-0.2, 0) is 27.9 Å². The first-order chi connectivity index (χ1) is 22.8. The van der Waals surface area contributed by atoms with Gasteiger partial charge in [0.25, 0.3) is 0 Å². The van der Waals surface area contributed by atoms with E-state index in [1.807, 2.05) is 0 Å². The number of unbranched alkanes of at least 4 members (excludes halogenated alkanes) is 15. The predicted molar refractivity (Wildman–Crippen MR) is 191 cm³/mol. The number of esters is 1. The summed E-state index contributed by atoms with van der Waals surface area (Å²) in [6, 6.07) is 0. The maximum Gasteiger partial charge on any atom is 0.472 e. The van der Waals surface area contributed by atoms with E-state index in [-0.39, 0.29) is 19.6 Å². The fourth-order valence-electron chi connectivity index (χ4n) is 4.78. The molecule has 0 rings (SSSR count). The van der Waals surface area contributed by atoms with Crippen molar-refractivity contribution in [3.63, 3.8) is 0 Å². The summed E-state index contributed by atoms with van der Waals surface area (Å²) >= 11 is 0. The van der Waals surface area contributed by atoms with Gasteiger partial charge in [0, 0.05) is 13.0 Å². The second kappa shape index (κ2) is 34.5. The van der Waals surface area contributed by atoms with E-state index in [0.29, 0.717) is 6.61 Å². The third-order valence-corrected chi connectivity index (χ3v) is 8.54. The Morgan fingerprint density at radius 3 is 1.83 bits per heavy atom. The number of phosphoric ester groups is 1. The molecule has 0 heterocycles. The van der Waals surface area contributed by atoms with Crippen LogP contribution >= 0.6 is 7.82 Å². The van der Waals surface area contributed by atoms with Gasteiger partial charge >= 0.3 is 13.8 Å². The molecule has 0 aliphatic rings. The summed E-state index contributed by atoms with van der Waals surface area (Å²) in [5, 5.41) is 18.2. The van der Waals surface area contributed by atoms with E-state index in [9.17, 15) is 19.4 Å². The van der Waals surface area contributed by atoms with Crippen molar-refractivity contribution in [2.75, 3.05) is 33.0 Å². The van der Waals surface area contributed by atoms with E-state index < -0.39 is 39.2 Å². The second-order valence-corrected chi connectivity index (χ2v) is 13.7. The summed E-state index contributed by atoms with van der Waals surface area (Å²) < 4.78 is 33.1.